The summed E-state index contributed by atoms with van der Waals surface area (Å²) in [6.45, 7) is 9.75. The Morgan fingerprint density at radius 3 is 2.28 bits per heavy atom. The van der Waals surface area contributed by atoms with E-state index in [9.17, 15) is 14.7 Å². The summed E-state index contributed by atoms with van der Waals surface area (Å²) in [4.78, 5) is 24.7. The minimum Gasteiger partial charge on any atom is -0.480 e. The van der Waals surface area contributed by atoms with Crippen LogP contribution in [0.2, 0.25) is 0 Å². The van der Waals surface area contributed by atoms with Crippen LogP contribution in [0.5, 0.6) is 0 Å². The van der Waals surface area contributed by atoms with Crippen LogP contribution in [0.25, 0.3) is 0 Å². The normalized spacial score (nSPS) is 24.4. The smallest absolute Gasteiger partial charge is 0.411 e. The third-order valence-corrected chi connectivity index (χ3v) is 3.18. The zero-order valence-electron chi connectivity index (χ0n) is 11.8. The van der Waals surface area contributed by atoms with E-state index in [0.717, 1.165) is 0 Å². The lowest BCUT2D eigenvalue weighted by Gasteiger charge is -2.29. The quantitative estimate of drug-likeness (QED) is 0.824. The van der Waals surface area contributed by atoms with Crippen molar-refractivity contribution in [3.63, 3.8) is 0 Å². The van der Waals surface area contributed by atoms with Gasteiger partial charge in [-0.3, -0.25) is 4.90 Å². The highest BCUT2D eigenvalue weighted by atomic mass is 16.6. The maximum Gasteiger partial charge on any atom is 0.411 e. The average Bonchev–Trinajstić information content (AvgIpc) is 2.58. The summed E-state index contributed by atoms with van der Waals surface area (Å²) in [6.07, 6.45) is 0.187. The maximum absolute atomic E-state index is 12.0. The summed E-state index contributed by atoms with van der Waals surface area (Å²) < 4.78 is 5.25. The van der Waals surface area contributed by atoms with Crippen molar-refractivity contribution in [1.82, 2.24) is 4.90 Å². The van der Waals surface area contributed by atoms with Gasteiger partial charge in [0.1, 0.15) is 11.6 Å². The standard InChI is InChI=1S/C13H23NO4/c1-8(2)9-6-7-14(10(9)11(15)16)12(17)18-13(3,4)5/h8-10H,6-7H2,1-5H3,(H,15,16)/t9-,10?/m0/s1. The van der Waals surface area contributed by atoms with Crippen LogP contribution in [0, 0.1) is 11.8 Å². The summed E-state index contributed by atoms with van der Waals surface area (Å²) in [6, 6.07) is -0.764. The zero-order chi connectivity index (χ0) is 14.1. The average molecular weight is 257 g/mol. The van der Waals surface area contributed by atoms with Crippen LogP contribution >= 0.6 is 0 Å². The van der Waals surface area contributed by atoms with Gasteiger partial charge in [-0.15, -0.1) is 0 Å². The summed E-state index contributed by atoms with van der Waals surface area (Å²) >= 11 is 0. The minimum absolute atomic E-state index is 0.00461. The van der Waals surface area contributed by atoms with Gasteiger partial charge in [-0.2, -0.15) is 0 Å². The first-order chi connectivity index (χ1) is 8.13. The molecule has 0 aromatic heterocycles. The predicted octanol–water partition coefficient (Wildman–Crippen LogP) is 2.35. The van der Waals surface area contributed by atoms with Crippen molar-refractivity contribution in [3.05, 3.63) is 0 Å². The Morgan fingerprint density at radius 2 is 1.89 bits per heavy atom. The van der Waals surface area contributed by atoms with Gasteiger partial charge in [0.2, 0.25) is 0 Å². The molecular formula is C13H23NO4. The summed E-state index contributed by atoms with van der Waals surface area (Å²) in [5.74, 6) is -0.717. The van der Waals surface area contributed by atoms with Crippen molar-refractivity contribution >= 4 is 12.1 Å². The van der Waals surface area contributed by atoms with Gasteiger partial charge in [-0.1, -0.05) is 13.8 Å². The number of carbonyl (C=O) groups excluding carboxylic acids is 1. The molecule has 1 amide bonds. The van der Waals surface area contributed by atoms with Crippen LogP contribution in [0.1, 0.15) is 41.0 Å². The molecule has 5 heteroatoms. The van der Waals surface area contributed by atoms with Gasteiger partial charge in [0.25, 0.3) is 0 Å². The number of ether oxygens (including phenoxy) is 1. The minimum atomic E-state index is -0.947. The van der Waals surface area contributed by atoms with Crippen LogP contribution < -0.4 is 0 Å². The number of hydrogen-bond acceptors (Lipinski definition) is 3. The second-order valence-corrected chi connectivity index (χ2v) is 6.15. The van der Waals surface area contributed by atoms with E-state index in [1.54, 1.807) is 20.8 Å². The number of nitrogens with zero attached hydrogens (tertiary/aromatic N) is 1. The highest BCUT2D eigenvalue weighted by Crippen LogP contribution is 2.31. The van der Waals surface area contributed by atoms with E-state index in [-0.39, 0.29) is 11.8 Å². The van der Waals surface area contributed by atoms with Gasteiger partial charge < -0.3 is 9.84 Å². The van der Waals surface area contributed by atoms with E-state index in [0.29, 0.717) is 13.0 Å². The third-order valence-electron chi connectivity index (χ3n) is 3.18. The Bertz CT molecular complexity index is 332. The first-order valence-corrected chi connectivity index (χ1v) is 6.36. The SMILES string of the molecule is CC(C)[C@@H]1CCN(C(=O)OC(C)(C)C)C1C(=O)O. The fourth-order valence-corrected chi connectivity index (χ4v) is 2.36. The largest absolute Gasteiger partial charge is 0.480 e. The van der Waals surface area contributed by atoms with E-state index in [2.05, 4.69) is 0 Å². The number of hydrogen-bond donors (Lipinski definition) is 1. The third kappa shape index (κ3) is 3.37. The zero-order valence-corrected chi connectivity index (χ0v) is 11.8. The van der Waals surface area contributed by atoms with E-state index in [1.165, 1.54) is 4.90 Å². The van der Waals surface area contributed by atoms with Crippen molar-refractivity contribution < 1.29 is 19.4 Å². The molecule has 0 aromatic rings. The van der Waals surface area contributed by atoms with Crippen LogP contribution in [-0.2, 0) is 9.53 Å². The molecule has 1 saturated heterocycles. The molecule has 1 aliphatic rings. The molecule has 0 radical (unpaired) electrons. The Morgan fingerprint density at radius 1 is 1.33 bits per heavy atom. The maximum atomic E-state index is 12.0. The Kier molecular flexibility index (Phi) is 4.24. The van der Waals surface area contributed by atoms with Gasteiger partial charge in [0, 0.05) is 6.54 Å². The molecule has 0 aliphatic carbocycles. The number of carboxylic acids is 1. The molecule has 0 bridgehead atoms. The first-order valence-electron chi connectivity index (χ1n) is 6.36. The highest BCUT2D eigenvalue weighted by molar-refractivity contribution is 5.81. The van der Waals surface area contributed by atoms with Crippen molar-refractivity contribution in [1.29, 1.82) is 0 Å². The molecule has 1 N–H and O–H groups in total. The molecule has 104 valence electrons. The lowest BCUT2D eigenvalue weighted by Crippen LogP contribution is -2.46. The fraction of sp³-hybridized carbons (Fsp3) is 0.846. The molecular weight excluding hydrogens is 234 g/mol. The number of carbonyl (C=O) groups is 2. The molecule has 1 aliphatic heterocycles. The van der Waals surface area contributed by atoms with Crippen molar-refractivity contribution in [2.24, 2.45) is 11.8 Å². The van der Waals surface area contributed by atoms with Gasteiger partial charge in [-0.25, -0.2) is 9.59 Å². The predicted molar refractivity (Wildman–Crippen MR) is 67.3 cm³/mol. The second-order valence-electron chi connectivity index (χ2n) is 6.15. The van der Waals surface area contributed by atoms with E-state index < -0.39 is 23.7 Å². The molecule has 1 rings (SSSR count). The first kappa shape index (κ1) is 14.8. The molecule has 5 nitrogen and oxygen atoms in total. The summed E-state index contributed by atoms with van der Waals surface area (Å²) in [7, 11) is 0. The molecule has 2 atom stereocenters. The number of carboxylic acid groups (broad SMARTS) is 1. The van der Waals surface area contributed by atoms with E-state index in [4.69, 9.17) is 4.74 Å². The molecule has 18 heavy (non-hydrogen) atoms. The number of likely N-dealkylation sites (tertiary alicyclic amines) is 1. The topological polar surface area (TPSA) is 66.8 Å². The highest BCUT2D eigenvalue weighted by Gasteiger charge is 2.44. The molecule has 0 saturated carbocycles. The van der Waals surface area contributed by atoms with Gasteiger partial charge in [-0.05, 0) is 39.0 Å². The lowest BCUT2D eigenvalue weighted by atomic mass is 9.89. The van der Waals surface area contributed by atoms with Crippen molar-refractivity contribution in [2.75, 3.05) is 6.54 Å². The van der Waals surface area contributed by atoms with Crippen molar-refractivity contribution in [3.8, 4) is 0 Å². The Labute approximate surface area is 108 Å². The van der Waals surface area contributed by atoms with Crippen molar-refractivity contribution in [2.45, 2.75) is 52.7 Å². The number of aliphatic carboxylic acids is 1. The van der Waals surface area contributed by atoms with Crippen LogP contribution in [-0.4, -0.2) is 40.3 Å². The second kappa shape index (κ2) is 5.16. The Hall–Kier alpha value is -1.26. The fourth-order valence-electron chi connectivity index (χ4n) is 2.36. The Balaban J connectivity index is 2.83. The van der Waals surface area contributed by atoms with Gasteiger partial charge in [0.05, 0.1) is 0 Å². The van der Waals surface area contributed by atoms with E-state index >= 15 is 0 Å². The number of amides is 1. The number of rotatable bonds is 2. The van der Waals surface area contributed by atoms with Crippen LogP contribution in [0.3, 0.4) is 0 Å². The van der Waals surface area contributed by atoms with Crippen LogP contribution in [0.15, 0.2) is 0 Å². The summed E-state index contributed by atoms with van der Waals surface area (Å²) in [5, 5.41) is 9.30. The molecule has 1 heterocycles. The summed E-state index contributed by atoms with van der Waals surface area (Å²) in [5.41, 5.74) is -0.601. The van der Waals surface area contributed by atoms with E-state index in [1.807, 2.05) is 13.8 Å². The van der Waals surface area contributed by atoms with Gasteiger partial charge in [0.15, 0.2) is 0 Å². The molecule has 1 fully saturated rings. The molecule has 0 aromatic carbocycles. The molecule has 0 spiro atoms. The van der Waals surface area contributed by atoms with Gasteiger partial charge >= 0.3 is 12.1 Å². The monoisotopic (exact) mass is 257 g/mol. The molecule has 1 unspecified atom stereocenters. The van der Waals surface area contributed by atoms with Crippen LogP contribution in [0.4, 0.5) is 4.79 Å². The lowest BCUT2D eigenvalue weighted by molar-refractivity contribution is -0.143.